The molecule has 0 bridgehead atoms. The van der Waals surface area contributed by atoms with Gasteiger partial charge in [-0.2, -0.15) is 0 Å². The van der Waals surface area contributed by atoms with Crippen molar-refractivity contribution in [2.45, 2.75) is 17.8 Å². The number of rotatable bonds is 4. The van der Waals surface area contributed by atoms with Crippen molar-refractivity contribution in [2.75, 3.05) is 0 Å². The van der Waals surface area contributed by atoms with E-state index >= 15 is 0 Å². The van der Waals surface area contributed by atoms with Crippen LogP contribution < -0.4 is 5.32 Å². The Morgan fingerprint density at radius 2 is 1.52 bits per heavy atom. The smallest absolute Gasteiger partial charge is 0.158 e. The summed E-state index contributed by atoms with van der Waals surface area (Å²) in [5.41, 5.74) is 3.44. The highest BCUT2D eigenvalue weighted by atomic mass is 35.5. The summed E-state index contributed by atoms with van der Waals surface area (Å²) in [6, 6.07) is 26.6. The van der Waals surface area contributed by atoms with Gasteiger partial charge in [-0.1, -0.05) is 95.6 Å². The maximum atomic E-state index is 6.30. The van der Waals surface area contributed by atoms with Crippen molar-refractivity contribution >= 4 is 40.1 Å². The predicted molar refractivity (Wildman–Crippen MR) is 117 cm³/mol. The topological polar surface area (TPSA) is 24.4 Å². The van der Waals surface area contributed by atoms with Gasteiger partial charge in [0.15, 0.2) is 5.17 Å². The molecule has 2 atom stereocenters. The lowest BCUT2D eigenvalue weighted by Crippen LogP contribution is -2.22. The van der Waals surface area contributed by atoms with Crippen LogP contribution in [0.3, 0.4) is 0 Å². The minimum atomic E-state index is 0.0472. The molecule has 0 amide bonds. The van der Waals surface area contributed by atoms with E-state index in [1.54, 1.807) is 17.8 Å². The molecule has 0 aliphatic carbocycles. The van der Waals surface area contributed by atoms with E-state index in [9.17, 15) is 0 Å². The van der Waals surface area contributed by atoms with Gasteiger partial charge >= 0.3 is 0 Å². The van der Waals surface area contributed by atoms with E-state index in [0.717, 1.165) is 15.8 Å². The summed E-state index contributed by atoms with van der Waals surface area (Å²) in [7, 11) is 0. The second-order valence-electron chi connectivity index (χ2n) is 6.35. The van der Waals surface area contributed by atoms with E-state index in [-0.39, 0.29) is 12.1 Å². The first-order valence-electron chi connectivity index (χ1n) is 8.71. The third kappa shape index (κ3) is 4.32. The predicted octanol–water partition coefficient (Wildman–Crippen LogP) is 6.67. The van der Waals surface area contributed by atoms with Gasteiger partial charge in [0.05, 0.1) is 6.04 Å². The fraction of sp³-hybridized carbons (Fsp3) is 0.136. The first-order chi connectivity index (χ1) is 13.2. The third-order valence-corrected chi connectivity index (χ3v) is 6.08. The van der Waals surface area contributed by atoms with Crippen LogP contribution in [0.5, 0.6) is 0 Å². The van der Waals surface area contributed by atoms with Crippen molar-refractivity contribution in [3.05, 3.63) is 106 Å². The van der Waals surface area contributed by atoms with Crippen LogP contribution >= 0.6 is 35.0 Å². The molecule has 3 aromatic carbocycles. The van der Waals surface area contributed by atoms with Gasteiger partial charge in [-0.05, 0) is 34.9 Å². The second kappa shape index (κ2) is 8.39. The quantitative estimate of drug-likeness (QED) is 0.517. The van der Waals surface area contributed by atoms with Crippen molar-refractivity contribution in [2.24, 2.45) is 4.99 Å². The molecule has 0 saturated carbocycles. The first kappa shape index (κ1) is 18.4. The molecular weight excluding hydrogens is 395 g/mol. The minimum Gasteiger partial charge on any atom is -0.356 e. The minimum absolute atomic E-state index is 0.0472. The maximum Gasteiger partial charge on any atom is 0.158 e. The molecule has 136 valence electrons. The van der Waals surface area contributed by atoms with Gasteiger partial charge in [-0.25, -0.2) is 0 Å². The monoisotopic (exact) mass is 412 g/mol. The van der Waals surface area contributed by atoms with Crippen LogP contribution in [-0.4, -0.2) is 5.17 Å². The number of nitrogens with one attached hydrogen (secondary N) is 1. The number of hydrogen-bond acceptors (Lipinski definition) is 3. The third-order valence-electron chi connectivity index (χ3n) is 4.52. The molecule has 1 aliphatic rings. The van der Waals surface area contributed by atoms with Crippen LogP contribution in [0.2, 0.25) is 10.0 Å². The Balaban J connectivity index is 1.57. The van der Waals surface area contributed by atoms with Gasteiger partial charge in [0.2, 0.25) is 0 Å². The Morgan fingerprint density at radius 3 is 2.22 bits per heavy atom. The van der Waals surface area contributed by atoms with Crippen molar-refractivity contribution in [1.82, 2.24) is 5.32 Å². The summed E-state index contributed by atoms with van der Waals surface area (Å²) in [6.07, 6.45) is 0. The normalized spacial score (nSPS) is 18.8. The van der Waals surface area contributed by atoms with Crippen molar-refractivity contribution in [1.29, 1.82) is 0 Å². The maximum absolute atomic E-state index is 6.30. The number of amidine groups is 1. The van der Waals surface area contributed by atoms with Crippen LogP contribution in [0.15, 0.2) is 83.9 Å². The number of benzene rings is 3. The molecule has 0 fully saturated rings. The molecule has 3 aromatic rings. The highest BCUT2D eigenvalue weighted by Gasteiger charge is 2.31. The lowest BCUT2D eigenvalue weighted by atomic mass is 9.95. The van der Waals surface area contributed by atoms with Gasteiger partial charge in [0.25, 0.3) is 0 Å². The number of hydrogen-bond donors (Lipinski definition) is 1. The lowest BCUT2D eigenvalue weighted by Gasteiger charge is -2.19. The molecule has 0 radical (unpaired) electrons. The van der Waals surface area contributed by atoms with E-state index in [4.69, 9.17) is 28.2 Å². The van der Waals surface area contributed by atoms with Crippen molar-refractivity contribution in [3.8, 4) is 0 Å². The number of halogens is 2. The van der Waals surface area contributed by atoms with E-state index in [1.807, 2.05) is 24.3 Å². The Bertz CT molecular complexity index is 945. The summed E-state index contributed by atoms with van der Waals surface area (Å²) in [5, 5.41) is 5.94. The van der Waals surface area contributed by atoms with Crippen LogP contribution in [-0.2, 0) is 5.75 Å². The molecule has 4 rings (SSSR count). The highest BCUT2D eigenvalue weighted by molar-refractivity contribution is 8.13. The van der Waals surface area contributed by atoms with E-state index < -0.39 is 0 Å². The SMILES string of the molecule is Clc1ccc(Cl)c(CSC2=NC(c3ccccc3)C(c3ccccc3)N2)c1. The summed E-state index contributed by atoms with van der Waals surface area (Å²) in [4.78, 5) is 4.98. The second-order valence-corrected chi connectivity index (χ2v) is 8.15. The number of nitrogens with zero attached hydrogens (tertiary/aromatic N) is 1. The summed E-state index contributed by atoms with van der Waals surface area (Å²) in [5.74, 6) is 0.717. The molecule has 0 saturated heterocycles. The fourth-order valence-corrected chi connectivity index (χ4v) is 4.56. The highest BCUT2D eigenvalue weighted by Crippen LogP contribution is 2.38. The molecule has 0 aromatic heterocycles. The molecule has 1 aliphatic heterocycles. The first-order valence-corrected chi connectivity index (χ1v) is 10.5. The molecule has 2 unspecified atom stereocenters. The van der Waals surface area contributed by atoms with Gasteiger partial charge in [0, 0.05) is 15.8 Å². The van der Waals surface area contributed by atoms with Crippen LogP contribution in [0.4, 0.5) is 0 Å². The van der Waals surface area contributed by atoms with Crippen LogP contribution in [0, 0.1) is 0 Å². The van der Waals surface area contributed by atoms with Crippen molar-refractivity contribution in [3.63, 3.8) is 0 Å². The fourth-order valence-electron chi connectivity index (χ4n) is 3.17. The standard InChI is InChI=1S/C22H18Cl2N2S/c23-18-11-12-19(24)17(13-18)14-27-22-25-20(15-7-3-1-4-8-15)21(26-22)16-9-5-2-6-10-16/h1-13,20-21H,14H2,(H,25,26). The molecule has 2 nitrogen and oxygen atoms in total. The van der Waals surface area contributed by atoms with E-state index in [0.29, 0.717) is 10.8 Å². The Kier molecular flexibility index (Phi) is 5.72. The lowest BCUT2D eigenvalue weighted by molar-refractivity contribution is 0.573. The van der Waals surface area contributed by atoms with Crippen LogP contribution in [0.25, 0.3) is 0 Å². The average Bonchev–Trinajstić information content (AvgIpc) is 3.14. The van der Waals surface area contributed by atoms with Gasteiger partial charge in [-0.3, -0.25) is 4.99 Å². The molecular formula is C22H18Cl2N2S. The summed E-state index contributed by atoms with van der Waals surface area (Å²) >= 11 is 14.1. The van der Waals surface area contributed by atoms with E-state index in [1.165, 1.54) is 11.1 Å². The largest absolute Gasteiger partial charge is 0.356 e. The zero-order valence-corrected chi connectivity index (χ0v) is 16.8. The van der Waals surface area contributed by atoms with Gasteiger partial charge in [0.1, 0.15) is 6.04 Å². The van der Waals surface area contributed by atoms with Crippen LogP contribution in [0.1, 0.15) is 28.8 Å². The summed E-state index contributed by atoms with van der Waals surface area (Å²) < 4.78 is 0. The Hall–Kier alpha value is -1.94. The Morgan fingerprint density at radius 1 is 0.852 bits per heavy atom. The molecule has 27 heavy (non-hydrogen) atoms. The number of aliphatic imine (C=N–C) groups is 1. The molecule has 1 heterocycles. The van der Waals surface area contributed by atoms with E-state index in [2.05, 4.69) is 53.8 Å². The molecule has 1 N–H and O–H groups in total. The Labute approximate surface area is 173 Å². The molecule has 0 spiro atoms. The summed E-state index contributed by atoms with van der Waals surface area (Å²) in [6.45, 7) is 0. The van der Waals surface area contributed by atoms with Gasteiger partial charge < -0.3 is 5.32 Å². The average molecular weight is 413 g/mol. The zero-order valence-electron chi connectivity index (χ0n) is 14.5. The van der Waals surface area contributed by atoms with Gasteiger partial charge in [-0.15, -0.1) is 0 Å². The zero-order chi connectivity index (χ0) is 18.6. The van der Waals surface area contributed by atoms with Crippen molar-refractivity contribution < 1.29 is 0 Å². The molecule has 5 heteroatoms. The number of thioether (sulfide) groups is 1.